The van der Waals surface area contributed by atoms with E-state index >= 15 is 0 Å². The van der Waals surface area contributed by atoms with Gasteiger partial charge in [0.05, 0.1) is 76.3 Å². The summed E-state index contributed by atoms with van der Waals surface area (Å²) in [6.07, 6.45) is 6.04. The summed E-state index contributed by atoms with van der Waals surface area (Å²) in [7, 11) is 3.28. The van der Waals surface area contributed by atoms with E-state index in [2.05, 4.69) is 50.7 Å². The van der Waals surface area contributed by atoms with Crippen molar-refractivity contribution in [3.05, 3.63) is 181 Å². The molecule has 2 fully saturated rings. The molecule has 22 nitrogen and oxygen atoms in total. The largest absolute Gasteiger partial charge is 0.493 e. The Hall–Kier alpha value is -9.74. The van der Waals surface area contributed by atoms with Crippen LogP contribution in [0.2, 0.25) is 0 Å². The second-order valence-corrected chi connectivity index (χ2v) is 20.1. The quantitative estimate of drug-likeness (QED) is 0.0170. The first-order valence-electron chi connectivity index (χ1n) is 28.8. The predicted octanol–water partition coefficient (Wildman–Crippen LogP) is 10.6. The summed E-state index contributed by atoms with van der Waals surface area (Å²) in [5.41, 5.74) is 9.04. The third-order valence-corrected chi connectivity index (χ3v) is 13.9. The highest BCUT2D eigenvalue weighted by Gasteiger charge is 2.17. The maximum Gasteiger partial charge on any atom is 0.328 e. The molecule has 460 valence electrons. The molecule has 0 aliphatic carbocycles. The Morgan fingerprint density at radius 3 is 1.28 bits per heavy atom. The average molecular weight is 1200 g/mol. The highest BCUT2D eigenvalue weighted by atomic mass is 16.6. The molecule has 88 heavy (non-hydrogen) atoms. The number of hydrogen-bond donors (Lipinski definition) is 4. The lowest BCUT2D eigenvalue weighted by atomic mass is 10.1. The minimum atomic E-state index is -1.26. The van der Waals surface area contributed by atoms with Gasteiger partial charge in [-0.05, 0) is 85.3 Å². The van der Waals surface area contributed by atoms with E-state index in [0.29, 0.717) is 73.2 Å². The van der Waals surface area contributed by atoms with E-state index in [9.17, 15) is 9.59 Å². The third-order valence-electron chi connectivity index (χ3n) is 13.9. The normalized spacial score (nSPS) is 13.8. The lowest BCUT2D eigenvalue weighted by Gasteiger charge is -2.26. The van der Waals surface area contributed by atoms with Crippen LogP contribution in [0.5, 0.6) is 23.0 Å². The highest BCUT2D eigenvalue weighted by molar-refractivity contribution is 6.00. The Kier molecular flexibility index (Phi) is 25.1. The van der Waals surface area contributed by atoms with Crippen LogP contribution in [0, 0.1) is 0 Å². The fourth-order valence-electron chi connectivity index (χ4n) is 9.13. The summed E-state index contributed by atoms with van der Waals surface area (Å²) in [6, 6.07) is 43.6. The molecule has 2 aromatic heterocycles. The minimum Gasteiger partial charge on any atom is -0.493 e. The van der Waals surface area contributed by atoms with Crippen molar-refractivity contribution in [3.63, 3.8) is 0 Å². The van der Waals surface area contributed by atoms with E-state index in [1.165, 1.54) is 0 Å². The summed E-state index contributed by atoms with van der Waals surface area (Å²) >= 11 is 0. The summed E-state index contributed by atoms with van der Waals surface area (Å²) in [4.78, 5) is 52.9. The van der Waals surface area contributed by atoms with Crippen LogP contribution < -0.4 is 29.6 Å². The fourth-order valence-corrected chi connectivity index (χ4v) is 9.13. The number of methoxy groups -OCH3 is 2. The molecule has 0 saturated carbocycles. The van der Waals surface area contributed by atoms with Crippen molar-refractivity contribution in [2.45, 2.75) is 39.9 Å². The van der Waals surface area contributed by atoms with E-state index < -0.39 is 11.9 Å². The summed E-state index contributed by atoms with van der Waals surface area (Å²) < 4.78 is 34.3. The molecule has 4 heterocycles. The van der Waals surface area contributed by atoms with Crippen LogP contribution in [-0.2, 0) is 42.0 Å². The van der Waals surface area contributed by atoms with Crippen LogP contribution in [0.25, 0.3) is 21.8 Å². The van der Waals surface area contributed by atoms with Crippen molar-refractivity contribution in [2.75, 3.05) is 104 Å². The zero-order chi connectivity index (χ0) is 61.7. The number of anilines is 4. The van der Waals surface area contributed by atoms with E-state index in [1.54, 1.807) is 26.9 Å². The molecule has 10 rings (SSSR count). The molecule has 4 N–H and O–H groups in total. The van der Waals surface area contributed by atoms with Gasteiger partial charge in [-0.25, -0.2) is 29.5 Å². The molecule has 0 radical (unpaired) electrons. The molecule has 0 atom stereocenters. The molecule has 0 unspecified atom stereocenters. The Morgan fingerprint density at radius 1 is 0.534 bits per heavy atom. The first-order valence-corrected chi connectivity index (χ1v) is 28.8. The van der Waals surface area contributed by atoms with Gasteiger partial charge in [-0.2, -0.15) is 0 Å². The second kappa shape index (κ2) is 34.4. The van der Waals surface area contributed by atoms with Gasteiger partial charge in [-0.1, -0.05) is 95.2 Å². The van der Waals surface area contributed by atoms with Gasteiger partial charge in [-0.15, -0.1) is 0 Å². The molecular formula is C66H74N10O12. The fraction of sp³-hybridized carbons (Fsp3) is 0.303. The summed E-state index contributed by atoms with van der Waals surface area (Å²) in [6.45, 7) is 15.0. The molecule has 2 aliphatic heterocycles. The smallest absolute Gasteiger partial charge is 0.328 e. The number of benzene rings is 6. The van der Waals surface area contributed by atoms with E-state index in [-0.39, 0.29) is 0 Å². The Labute approximate surface area is 511 Å². The number of nitrogens with zero attached hydrogens (tertiary/aromatic N) is 8. The zero-order valence-corrected chi connectivity index (χ0v) is 49.9. The zero-order valence-electron chi connectivity index (χ0n) is 49.9. The predicted molar refractivity (Wildman–Crippen MR) is 338 cm³/mol. The van der Waals surface area contributed by atoms with Crippen LogP contribution in [0.15, 0.2) is 169 Å². The molecule has 8 aromatic rings. The number of hydrogen-bond acceptors (Lipinski definition) is 20. The number of nitrogens with one attached hydrogen (secondary N) is 2. The Bertz CT molecular complexity index is 3330. The standard InChI is InChI=1S/2C31H35N5O4.C4H4O4/c2*1-23(35-40-21-24-7-4-3-5-8-24)25-9-11-26(12-10-25)34-31-27-19-30(29(37-2)20-28(27)32-22-33-31)39-16-6-13-36-14-17-38-18-15-36;5-3(6)1-2-4(7)8/h2*3-5,7-12,19-20,22H,6,13-18,21H2,1-2H3,(H,32,33,34);1-2H,(H,5,6)(H,7,8)/b2*35-23-;2-1+. The first-order chi connectivity index (χ1) is 43.0. The van der Waals surface area contributed by atoms with E-state index in [0.717, 1.165) is 145 Å². The summed E-state index contributed by atoms with van der Waals surface area (Å²) in [5.74, 6) is 1.51. The van der Waals surface area contributed by atoms with Gasteiger partial charge in [0.25, 0.3) is 0 Å². The van der Waals surface area contributed by atoms with Crippen LogP contribution in [0.4, 0.5) is 23.0 Å². The number of carboxylic acid groups (broad SMARTS) is 2. The lowest BCUT2D eigenvalue weighted by molar-refractivity contribution is -0.134. The van der Waals surface area contributed by atoms with Crippen molar-refractivity contribution < 1.29 is 57.9 Å². The second-order valence-electron chi connectivity index (χ2n) is 20.1. The highest BCUT2D eigenvalue weighted by Crippen LogP contribution is 2.36. The number of carbonyl (C=O) groups is 2. The molecular weight excluding hydrogens is 1120 g/mol. The number of fused-ring (bicyclic) bond motifs is 2. The van der Waals surface area contributed by atoms with Crippen LogP contribution in [-0.4, -0.2) is 156 Å². The number of aliphatic carboxylic acids is 2. The van der Waals surface area contributed by atoms with Gasteiger partial charge < -0.3 is 58.9 Å². The Morgan fingerprint density at radius 2 is 0.920 bits per heavy atom. The molecule has 6 aromatic carbocycles. The molecule has 0 amide bonds. The van der Waals surface area contributed by atoms with Crippen LogP contribution >= 0.6 is 0 Å². The number of carboxylic acids is 2. The van der Waals surface area contributed by atoms with Crippen molar-refractivity contribution in [2.24, 2.45) is 10.3 Å². The third kappa shape index (κ3) is 20.5. The lowest BCUT2D eigenvalue weighted by Crippen LogP contribution is -2.37. The van der Waals surface area contributed by atoms with Crippen molar-refractivity contribution in [1.29, 1.82) is 0 Å². The molecule has 2 saturated heterocycles. The average Bonchev–Trinajstić information content (AvgIpc) is 1.65. The van der Waals surface area contributed by atoms with E-state index in [1.807, 2.05) is 147 Å². The van der Waals surface area contributed by atoms with Gasteiger partial charge in [0, 0.05) is 85.7 Å². The number of oxime groups is 2. The number of rotatable bonds is 26. The molecule has 0 spiro atoms. The van der Waals surface area contributed by atoms with Gasteiger partial charge >= 0.3 is 11.9 Å². The monoisotopic (exact) mass is 1200 g/mol. The first kappa shape index (κ1) is 64.3. The van der Waals surface area contributed by atoms with Crippen molar-refractivity contribution in [3.8, 4) is 23.0 Å². The number of ether oxygens (including phenoxy) is 6. The number of aromatic nitrogens is 4. The van der Waals surface area contributed by atoms with Gasteiger partial charge in [0.15, 0.2) is 23.0 Å². The maximum atomic E-state index is 9.55. The Balaban J connectivity index is 0.000000203. The van der Waals surface area contributed by atoms with Crippen molar-refractivity contribution >= 4 is 68.2 Å². The van der Waals surface area contributed by atoms with E-state index in [4.69, 9.17) is 48.3 Å². The number of morpholine rings is 2. The maximum absolute atomic E-state index is 9.55. The summed E-state index contributed by atoms with van der Waals surface area (Å²) in [5, 5.41) is 32.7. The van der Waals surface area contributed by atoms with Crippen LogP contribution in [0.1, 0.15) is 48.9 Å². The molecule has 22 heteroatoms. The molecule has 0 bridgehead atoms. The topological polar surface area (TPSA) is 255 Å². The minimum absolute atomic E-state index is 0.433. The van der Waals surface area contributed by atoms with Gasteiger partial charge in [0.2, 0.25) is 0 Å². The van der Waals surface area contributed by atoms with Crippen LogP contribution in [0.3, 0.4) is 0 Å². The van der Waals surface area contributed by atoms with Gasteiger partial charge in [0.1, 0.15) is 37.5 Å². The SMILES string of the molecule is COc1cc2ncnc(Nc3ccc(/C(C)=N\OCc4ccccc4)cc3)c2cc1OCCCN1CCOCC1.COc1cc2ncnc(Nc3ccc(/C(C)=N\OCc4ccccc4)cc3)c2cc1OCCCN1CCOCC1.O=C(O)/C=C/C(=O)O. The van der Waals surface area contributed by atoms with Gasteiger partial charge in [-0.3, -0.25) is 9.80 Å². The van der Waals surface area contributed by atoms with Crippen molar-refractivity contribution in [1.82, 2.24) is 29.7 Å². The molecule has 2 aliphatic rings.